The maximum Gasteiger partial charge on any atom is 0.315 e. The molecule has 0 fully saturated rings. The summed E-state index contributed by atoms with van der Waals surface area (Å²) in [5.74, 6) is 0. The Labute approximate surface area is 125 Å². The van der Waals surface area contributed by atoms with Gasteiger partial charge in [-0.3, -0.25) is 10.1 Å². The lowest BCUT2D eigenvalue weighted by atomic mass is 10.2. The fourth-order valence-corrected chi connectivity index (χ4v) is 3.01. The van der Waals surface area contributed by atoms with E-state index in [1.165, 1.54) is 4.70 Å². The first-order chi connectivity index (χ1) is 10.2. The molecule has 2 aromatic carbocycles. The number of para-hydroxylation sites is 1. The molecule has 3 rings (SSSR count). The third kappa shape index (κ3) is 2.53. The minimum atomic E-state index is -0.378. The van der Waals surface area contributed by atoms with Crippen molar-refractivity contribution in [3.05, 3.63) is 58.0 Å². The van der Waals surface area contributed by atoms with Gasteiger partial charge in [-0.2, -0.15) is 0 Å². The van der Waals surface area contributed by atoms with E-state index in [1.54, 1.807) is 36.6 Å². The number of thiophene rings is 1. The van der Waals surface area contributed by atoms with Gasteiger partial charge >= 0.3 is 5.69 Å². The Morgan fingerprint density at radius 3 is 2.71 bits per heavy atom. The molecule has 0 saturated carbocycles. The van der Waals surface area contributed by atoms with Gasteiger partial charge in [0.2, 0.25) is 0 Å². The van der Waals surface area contributed by atoms with E-state index in [9.17, 15) is 10.1 Å². The number of rotatable bonds is 4. The lowest BCUT2D eigenvalue weighted by Gasteiger charge is -2.10. The first-order valence-corrected chi connectivity index (χ1v) is 7.26. The Bertz CT molecular complexity index is 814. The topological polar surface area (TPSA) is 67.2 Å². The van der Waals surface area contributed by atoms with Gasteiger partial charge in [-0.25, -0.2) is 0 Å². The summed E-state index contributed by atoms with van der Waals surface area (Å²) < 4.78 is 1.19. The molecule has 1 heterocycles. The second-order valence-electron chi connectivity index (χ2n) is 4.51. The molecule has 0 spiro atoms. The van der Waals surface area contributed by atoms with Crippen LogP contribution in [0.5, 0.6) is 0 Å². The second-order valence-corrected chi connectivity index (χ2v) is 5.45. The summed E-state index contributed by atoms with van der Waals surface area (Å²) in [7, 11) is 1.67. The van der Waals surface area contributed by atoms with Gasteiger partial charge in [0.15, 0.2) is 0 Å². The molecule has 2 N–H and O–H groups in total. The number of benzene rings is 2. The van der Waals surface area contributed by atoms with E-state index < -0.39 is 0 Å². The fraction of sp³-hybridized carbons (Fsp3) is 0.0667. The minimum Gasteiger partial charge on any atom is -0.382 e. The van der Waals surface area contributed by atoms with Crippen LogP contribution in [0, 0.1) is 10.1 Å². The lowest BCUT2D eigenvalue weighted by Crippen LogP contribution is -2.01. The number of nitrogens with zero attached hydrogens (tertiary/aromatic N) is 1. The first kappa shape index (κ1) is 13.4. The van der Waals surface area contributed by atoms with Crippen molar-refractivity contribution in [3.8, 4) is 0 Å². The van der Waals surface area contributed by atoms with Crippen LogP contribution in [0.4, 0.5) is 22.7 Å². The summed E-state index contributed by atoms with van der Waals surface area (Å²) in [6.07, 6.45) is 0. The van der Waals surface area contributed by atoms with Crippen LogP contribution in [0.25, 0.3) is 10.1 Å². The summed E-state index contributed by atoms with van der Waals surface area (Å²) >= 11 is 1.67. The lowest BCUT2D eigenvalue weighted by molar-refractivity contribution is -0.383. The maximum atomic E-state index is 11.3. The summed E-state index contributed by atoms with van der Waals surface area (Å²) in [6, 6.07) is 13.1. The van der Waals surface area contributed by atoms with E-state index >= 15 is 0 Å². The largest absolute Gasteiger partial charge is 0.382 e. The van der Waals surface area contributed by atoms with Crippen LogP contribution in [0.15, 0.2) is 47.8 Å². The quantitative estimate of drug-likeness (QED) is 0.546. The van der Waals surface area contributed by atoms with Crippen LogP contribution in [0.1, 0.15) is 0 Å². The number of nitro benzene ring substituents is 1. The van der Waals surface area contributed by atoms with Crippen molar-refractivity contribution < 1.29 is 4.92 Å². The molecule has 1 aromatic heterocycles. The van der Waals surface area contributed by atoms with Crippen LogP contribution in [-0.2, 0) is 0 Å². The monoisotopic (exact) mass is 299 g/mol. The Kier molecular flexibility index (Phi) is 3.45. The van der Waals surface area contributed by atoms with Crippen molar-refractivity contribution in [1.29, 1.82) is 0 Å². The third-order valence-electron chi connectivity index (χ3n) is 3.22. The van der Waals surface area contributed by atoms with Crippen molar-refractivity contribution in [1.82, 2.24) is 0 Å². The van der Waals surface area contributed by atoms with Crippen molar-refractivity contribution in [2.75, 3.05) is 17.7 Å². The van der Waals surface area contributed by atoms with Gasteiger partial charge in [0.05, 0.1) is 4.92 Å². The number of nitrogens with one attached hydrogen (secondary N) is 2. The molecular weight excluding hydrogens is 286 g/mol. The van der Waals surface area contributed by atoms with Gasteiger partial charge in [-0.1, -0.05) is 6.07 Å². The number of anilines is 3. The molecule has 0 amide bonds. The molecule has 0 radical (unpaired) electrons. The van der Waals surface area contributed by atoms with Gasteiger partial charge in [-0.05, 0) is 47.2 Å². The van der Waals surface area contributed by atoms with E-state index in [4.69, 9.17) is 0 Å². The van der Waals surface area contributed by atoms with Crippen molar-refractivity contribution in [2.24, 2.45) is 0 Å². The highest BCUT2D eigenvalue weighted by molar-refractivity contribution is 7.17. The van der Waals surface area contributed by atoms with E-state index in [0.717, 1.165) is 11.1 Å². The molecule has 106 valence electrons. The summed E-state index contributed by atoms with van der Waals surface area (Å²) in [5, 5.41) is 20.4. The highest BCUT2D eigenvalue weighted by Crippen LogP contribution is 2.35. The molecule has 0 aliphatic carbocycles. The standard InChI is InChI=1S/C15H13N3O2S/c1-16-12-3-2-4-13(15(12)18(19)20)17-11-5-6-14-10(9-11)7-8-21-14/h2-9,16-17H,1H3. The van der Waals surface area contributed by atoms with Gasteiger partial charge in [-0.15, -0.1) is 11.3 Å². The van der Waals surface area contributed by atoms with Crippen molar-refractivity contribution in [3.63, 3.8) is 0 Å². The minimum absolute atomic E-state index is 0.0467. The molecule has 6 heteroatoms. The molecule has 0 aliphatic heterocycles. The summed E-state index contributed by atoms with van der Waals surface area (Å²) in [6.45, 7) is 0. The Morgan fingerprint density at radius 1 is 1.14 bits per heavy atom. The van der Waals surface area contributed by atoms with Gasteiger partial charge < -0.3 is 10.6 Å². The Balaban J connectivity index is 2.02. The predicted molar refractivity (Wildman–Crippen MR) is 87.8 cm³/mol. The molecule has 21 heavy (non-hydrogen) atoms. The van der Waals surface area contributed by atoms with Crippen LogP contribution in [-0.4, -0.2) is 12.0 Å². The van der Waals surface area contributed by atoms with Crippen LogP contribution < -0.4 is 10.6 Å². The van der Waals surface area contributed by atoms with E-state index in [1.807, 2.05) is 29.6 Å². The van der Waals surface area contributed by atoms with Crippen LogP contribution in [0.3, 0.4) is 0 Å². The normalized spacial score (nSPS) is 10.5. The Morgan fingerprint density at radius 2 is 1.95 bits per heavy atom. The Hall–Kier alpha value is -2.60. The molecule has 0 aliphatic rings. The smallest absolute Gasteiger partial charge is 0.315 e. The maximum absolute atomic E-state index is 11.3. The van der Waals surface area contributed by atoms with Crippen molar-refractivity contribution >= 4 is 44.2 Å². The molecule has 0 unspecified atom stereocenters. The SMILES string of the molecule is CNc1cccc(Nc2ccc3sccc3c2)c1[N+](=O)[O-]. The van der Waals surface area contributed by atoms with Gasteiger partial charge in [0.25, 0.3) is 0 Å². The van der Waals surface area contributed by atoms with E-state index in [-0.39, 0.29) is 10.6 Å². The number of hydrogen-bond donors (Lipinski definition) is 2. The third-order valence-corrected chi connectivity index (χ3v) is 4.12. The van der Waals surface area contributed by atoms with Gasteiger partial charge in [0, 0.05) is 17.4 Å². The van der Waals surface area contributed by atoms with E-state index in [0.29, 0.717) is 11.4 Å². The zero-order chi connectivity index (χ0) is 14.8. The first-order valence-electron chi connectivity index (χ1n) is 6.38. The number of nitro groups is 1. The van der Waals surface area contributed by atoms with Gasteiger partial charge in [0.1, 0.15) is 11.4 Å². The summed E-state index contributed by atoms with van der Waals surface area (Å²) in [4.78, 5) is 10.9. The molecule has 0 bridgehead atoms. The molecule has 0 atom stereocenters. The van der Waals surface area contributed by atoms with Crippen LogP contribution in [0.2, 0.25) is 0 Å². The average molecular weight is 299 g/mol. The van der Waals surface area contributed by atoms with E-state index in [2.05, 4.69) is 10.6 Å². The number of hydrogen-bond acceptors (Lipinski definition) is 5. The molecule has 5 nitrogen and oxygen atoms in total. The fourth-order valence-electron chi connectivity index (χ4n) is 2.24. The average Bonchev–Trinajstić information content (AvgIpc) is 2.94. The summed E-state index contributed by atoms with van der Waals surface area (Å²) in [5.41, 5.74) is 1.84. The molecule has 0 saturated heterocycles. The molecular formula is C15H13N3O2S. The van der Waals surface area contributed by atoms with Crippen molar-refractivity contribution in [2.45, 2.75) is 0 Å². The zero-order valence-electron chi connectivity index (χ0n) is 11.3. The highest BCUT2D eigenvalue weighted by atomic mass is 32.1. The molecule has 3 aromatic rings. The predicted octanol–water partition coefficient (Wildman–Crippen LogP) is 4.59. The number of fused-ring (bicyclic) bond motifs is 1. The highest BCUT2D eigenvalue weighted by Gasteiger charge is 2.18. The zero-order valence-corrected chi connectivity index (χ0v) is 12.1. The second kappa shape index (κ2) is 5.41. The van der Waals surface area contributed by atoms with Crippen LogP contribution >= 0.6 is 11.3 Å².